The molecule has 0 heterocycles. The van der Waals surface area contributed by atoms with Crippen molar-refractivity contribution in [1.29, 1.82) is 0 Å². The van der Waals surface area contributed by atoms with Crippen LogP contribution in [0.2, 0.25) is 0 Å². The molecule has 0 saturated carbocycles. The van der Waals surface area contributed by atoms with Gasteiger partial charge in [-0.1, -0.05) is 12.1 Å². The fourth-order valence-electron chi connectivity index (χ4n) is 1.40. The maximum atomic E-state index is 11.4. The van der Waals surface area contributed by atoms with Crippen LogP contribution in [0.25, 0.3) is 0 Å². The van der Waals surface area contributed by atoms with Gasteiger partial charge in [0.05, 0.1) is 7.11 Å². The summed E-state index contributed by atoms with van der Waals surface area (Å²) < 4.78 is 21.3. The normalized spacial score (nSPS) is 12.8. The fraction of sp³-hybridized carbons (Fsp3) is 0.364. The number of hydrogen-bond donors (Lipinski definition) is 3. The fourth-order valence-corrected chi connectivity index (χ4v) is 2.23. The van der Waals surface area contributed by atoms with Crippen LogP contribution in [0.4, 0.5) is 0 Å². The number of amides is 1. The lowest BCUT2D eigenvalue weighted by molar-refractivity contribution is -0.165. The second kappa shape index (κ2) is 6.83. The van der Waals surface area contributed by atoms with Crippen molar-refractivity contribution >= 4 is 13.5 Å². The molecule has 0 aliphatic heterocycles. The molecule has 0 unspecified atom stereocenters. The van der Waals surface area contributed by atoms with Crippen molar-refractivity contribution < 1.29 is 33.8 Å². The second-order valence-electron chi connectivity index (χ2n) is 3.94. The molecule has 20 heavy (non-hydrogen) atoms. The molecule has 112 valence electrons. The highest BCUT2D eigenvalue weighted by Gasteiger charge is 2.32. The van der Waals surface area contributed by atoms with E-state index in [0.29, 0.717) is 5.75 Å². The number of methoxy groups -OCH3 is 1. The summed E-state index contributed by atoms with van der Waals surface area (Å²) in [6.07, 6.45) is 0. The highest BCUT2D eigenvalue weighted by atomic mass is 31.2. The molecule has 1 aromatic rings. The van der Waals surface area contributed by atoms with Gasteiger partial charge in [0.25, 0.3) is 5.91 Å². The van der Waals surface area contributed by atoms with E-state index in [9.17, 15) is 19.1 Å². The zero-order chi connectivity index (χ0) is 15.3. The molecule has 1 rings (SSSR count). The first-order valence-corrected chi connectivity index (χ1v) is 7.20. The number of nitrogens with zero attached hydrogens (tertiary/aromatic N) is 1. The lowest BCUT2D eigenvalue weighted by Gasteiger charge is -2.20. The SMILES string of the molecule is COc1ccc([C@H](OCC(=O)N(C)O)P(=O)(O)O)cc1. The third-order valence-electron chi connectivity index (χ3n) is 2.43. The number of carbonyl (C=O) groups is 1. The van der Waals surface area contributed by atoms with Gasteiger partial charge in [-0.25, -0.2) is 5.06 Å². The molecular formula is C11H16NO7P. The highest BCUT2D eigenvalue weighted by molar-refractivity contribution is 7.52. The molecule has 1 atom stereocenters. The van der Waals surface area contributed by atoms with Crippen molar-refractivity contribution in [3.63, 3.8) is 0 Å². The van der Waals surface area contributed by atoms with E-state index in [1.165, 1.54) is 31.4 Å². The van der Waals surface area contributed by atoms with Crippen LogP contribution in [-0.2, 0) is 14.1 Å². The van der Waals surface area contributed by atoms with Crippen molar-refractivity contribution in [2.45, 2.75) is 5.85 Å². The van der Waals surface area contributed by atoms with Crippen LogP contribution in [0.1, 0.15) is 11.4 Å². The molecular weight excluding hydrogens is 289 g/mol. The summed E-state index contributed by atoms with van der Waals surface area (Å²) >= 11 is 0. The van der Waals surface area contributed by atoms with Gasteiger partial charge in [0.1, 0.15) is 12.4 Å². The Bertz CT molecular complexity index is 496. The standard InChI is InChI=1S/C11H16NO7P/c1-12(14)10(13)7-19-11(20(15,16)17)8-3-5-9(18-2)6-4-8/h3-6,11,14H,7H2,1-2H3,(H2,15,16,17)/t11-/m1/s1. The molecule has 0 bridgehead atoms. The first-order valence-electron chi connectivity index (χ1n) is 5.52. The van der Waals surface area contributed by atoms with E-state index in [1.807, 2.05) is 0 Å². The maximum Gasteiger partial charge on any atom is 0.358 e. The van der Waals surface area contributed by atoms with Crippen LogP contribution in [-0.4, -0.2) is 46.7 Å². The Morgan fingerprint density at radius 3 is 2.30 bits per heavy atom. The average molecular weight is 305 g/mol. The van der Waals surface area contributed by atoms with Gasteiger partial charge in [-0.3, -0.25) is 14.6 Å². The van der Waals surface area contributed by atoms with Crippen LogP contribution in [0.15, 0.2) is 24.3 Å². The summed E-state index contributed by atoms with van der Waals surface area (Å²) in [6, 6.07) is 5.88. The minimum absolute atomic E-state index is 0.201. The molecule has 0 fully saturated rings. The van der Waals surface area contributed by atoms with E-state index >= 15 is 0 Å². The van der Waals surface area contributed by atoms with Gasteiger partial charge in [-0.15, -0.1) is 0 Å². The van der Waals surface area contributed by atoms with Gasteiger partial charge >= 0.3 is 7.60 Å². The summed E-state index contributed by atoms with van der Waals surface area (Å²) in [5.74, 6) is -1.89. The molecule has 0 saturated heterocycles. The molecule has 1 amide bonds. The van der Waals surface area contributed by atoms with Crippen LogP contribution in [0, 0.1) is 0 Å². The Kier molecular flexibility index (Phi) is 5.67. The smallest absolute Gasteiger partial charge is 0.358 e. The van der Waals surface area contributed by atoms with Crippen LogP contribution < -0.4 is 4.74 Å². The molecule has 0 spiro atoms. The first kappa shape index (κ1) is 16.6. The molecule has 0 aliphatic carbocycles. The van der Waals surface area contributed by atoms with Crippen LogP contribution >= 0.6 is 7.60 Å². The van der Waals surface area contributed by atoms with Crippen LogP contribution in [0.3, 0.4) is 0 Å². The molecule has 8 nitrogen and oxygen atoms in total. The summed E-state index contributed by atoms with van der Waals surface area (Å²) in [6.45, 7) is -0.658. The third-order valence-corrected chi connectivity index (χ3v) is 3.49. The highest BCUT2D eigenvalue weighted by Crippen LogP contribution is 2.52. The van der Waals surface area contributed by atoms with Crippen molar-refractivity contribution in [1.82, 2.24) is 5.06 Å². The van der Waals surface area contributed by atoms with E-state index in [1.54, 1.807) is 0 Å². The van der Waals surface area contributed by atoms with E-state index in [2.05, 4.69) is 0 Å². The summed E-state index contributed by atoms with van der Waals surface area (Å²) in [5.41, 5.74) is 0.201. The predicted molar refractivity (Wildman–Crippen MR) is 68.3 cm³/mol. The van der Waals surface area contributed by atoms with E-state index < -0.39 is 26.0 Å². The third kappa shape index (κ3) is 4.59. The zero-order valence-corrected chi connectivity index (χ0v) is 11.9. The summed E-state index contributed by atoms with van der Waals surface area (Å²) in [7, 11) is -2.07. The molecule has 1 aromatic carbocycles. The van der Waals surface area contributed by atoms with Crippen molar-refractivity contribution in [2.24, 2.45) is 0 Å². The molecule has 3 N–H and O–H groups in total. The lowest BCUT2D eigenvalue weighted by Crippen LogP contribution is -2.27. The van der Waals surface area contributed by atoms with Gasteiger partial charge < -0.3 is 19.3 Å². The number of carbonyl (C=O) groups excluding carboxylic acids is 1. The molecule has 0 aliphatic rings. The maximum absolute atomic E-state index is 11.4. The Balaban J connectivity index is 2.89. The van der Waals surface area contributed by atoms with Gasteiger partial charge in [-0.2, -0.15) is 0 Å². The van der Waals surface area contributed by atoms with Crippen molar-refractivity contribution in [3.05, 3.63) is 29.8 Å². The van der Waals surface area contributed by atoms with E-state index in [4.69, 9.17) is 14.7 Å². The topological polar surface area (TPSA) is 117 Å². The number of ether oxygens (including phenoxy) is 2. The average Bonchev–Trinajstić information content (AvgIpc) is 2.37. The van der Waals surface area contributed by atoms with Gasteiger partial charge in [-0.05, 0) is 17.7 Å². The minimum Gasteiger partial charge on any atom is -0.497 e. The van der Waals surface area contributed by atoms with Gasteiger partial charge in [0, 0.05) is 7.05 Å². The number of hydroxylamine groups is 2. The second-order valence-corrected chi connectivity index (χ2v) is 5.59. The monoisotopic (exact) mass is 305 g/mol. The Hall–Kier alpha value is -1.44. The lowest BCUT2D eigenvalue weighted by atomic mass is 10.2. The first-order chi connectivity index (χ1) is 9.25. The van der Waals surface area contributed by atoms with E-state index in [-0.39, 0.29) is 10.6 Å². The minimum atomic E-state index is -4.62. The van der Waals surface area contributed by atoms with Crippen molar-refractivity contribution in [3.8, 4) is 5.75 Å². The van der Waals surface area contributed by atoms with Gasteiger partial charge in [0.2, 0.25) is 0 Å². The Morgan fingerprint density at radius 1 is 1.35 bits per heavy atom. The Labute approximate surface area is 115 Å². The van der Waals surface area contributed by atoms with Crippen molar-refractivity contribution in [2.75, 3.05) is 20.8 Å². The molecule has 0 aromatic heterocycles. The summed E-state index contributed by atoms with van der Waals surface area (Å²) in [4.78, 5) is 29.7. The molecule has 9 heteroatoms. The summed E-state index contributed by atoms with van der Waals surface area (Å²) in [5, 5.41) is 9.15. The van der Waals surface area contributed by atoms with Crippen LogP contribution in [0.5, 0.6) is 5.75 Å². The van der Waals surface area contributed by atoms with E-state index in [0.717, 1.165) is 7.05 Å². The number of likely N-dealkylation sites (N-methyl/N-ethyl adjacent to an activating group) is 1. The quantitative estimate of drug-likeness (QED) is 0.403. The number of hydrogen-bond acceptors (Lipinski definition) is 5. The number of rotatable bonds is 6. The van der Waals surface area contributed by atoms with Gasteiger partial charge in [0.15, 0.2) is 5.85 Å². The molecule has 0 radical (unpaired) electrons. The Morgan fingerprint density at radius 2 is 1.90 bits per heavy atom. The zero-order valence-electron chi connectivity index (χ0n) is 11.0. The predicted octanol–water partition coefficient (Wildman–Crippen LogP) is 0.736. The number of benzene rings is 1. The largest absolute Gasteiger partial charge is 0.497 e.